The Labute approximate surface area is 155 Å². The minimum atomic E-state index is -0.142. The number of carbonyl (C=O) groups is 1. The van der Waals surface area contributed by atoms with Gasteiger partial charge in [-0.05, 0) is 55.5 Å². The van der Waals surface area contributed by atoms with E-state index in [-0.39, 0.29) is 11.2 Å². The van der Waals surface area contributed by atoms with Gasteiger partial charge in [-0.3, -0.25) is 4.79 Å². The van der Waals surface area contributed by atoms with E-state index >= 15 is 0 Å². The van der Waals surface area contributed by atoms with Crippen molar-refractivity contribution in [3.8, 4) is 0 Å². The zero-order valence-electron chi connectivity index (χ0n) is 12.6. The molecule has 0 aliphatic rings. The number of halogens is 2. The van der Waals surface area contributed by atoms with E-state index in [4.69, 9.17) is 23.2 Å². The summed E-state index contributed by atoms with van der Waals surface area (Å²) in [6, 6.07) is 15.2. The fourth-order valence-electron chi connectivity index (χ4n) is 1.79. The molecule has 0 fully saturated rings. The molecule has 1 atom stereocenters. The molecule has 0 bridgehead atoms. The molecule has 0 unspecified atom stereocenters. The molecule has 0 radical (unpaired) electrons. The zero-order chi connectivity index (χ0) is 16.7. The van der Waals surface area contributed by atoms with Crippen LogP contribution >= 0.6 is 46.7 Å². The molecule has 0 aliphatic heterocycles. The monoisotopic (exact) mass is 385 g/mol. The van der Waals surface area contributed by atoms with Gasteiger partial charge in [0.2, 0.25) is 5.91 Å². The van der Waals surface area contributed by atoms with E-state index in [1.165, 1.54) is 11.8 Å². The molecule has 0 heterocycles. The summed E-state index contributed by atoms with van der Waals surface area (Å²) in [6.07, 6.45) is 0. The second-order valence-electron chi connectivity index (χ2n) is 4.81. The molecule has 2 aromatic rings. The molecule has 23 heavy (non-hydrogen) atoms. The Morgan fingerprint density at radius 1 is 1.00 bits per heavy atom. The van der Waals surface area contributed by atoms with Gasteiger partial charge < -0.3 is 5.32 Å². The Hall–Kier alpha value is -0.810. The standard InChI is InChI=1S/C17H17Cl2NOS2/c1-12(23-16-8-4-14(19)5-9-16)17(21)20-10-11-22-15-6-2-13(18)3-7-15/h2-9,12H,10-11H2,1H3,(H,20,21)/t12-/m1/s1. The molecule has 6 heteroatoms. The number of benzene rings is 2. The molecule has 1 N–H and O–H groups in total. The van der Waals surface area contributed by atoms with Crippen molar-refractivity contribution in [2.45, 2.75) is 22.0 Å². The first kappa shape index (κ1) is 18.5. The minimum absolute atomic E-state index is 0.0432. The Morgan fingerprint density at radius 2 is 1.52 bits per heavy atom. The maximum atomic E-state index is 12.1. The van der Waals surface area contributed by atoms with E-state index < -0.39 is 0 Å². The smallest absolute Gasteiger partial charge is 0.233 e. The van der Waals surface area contributed by atoms with Crippen LogP contribution in [0.5, 0.6) is 0 Å². The third kappa shape index (κ3) is 6.68. The fraction of sp³-hybridized carbons (Fsp3) is 0.235. The Morgan fingerprint density at radius 3 is 2.09 bits per heavy atom. The average Bonchev–Trinajstić information content (AvgIpc) is 2.55. The summed E-state index contributed by atoms with van der Waals surface area (Å²) in [7, 11) is 0. The molecule has 1 amide bonds. The highest BCUT2D eigenvalue weighted by atomic mass is 35.5. The molecule has 0 saturated carbocycles. The topological polar surface area (TPSA) is 29.1 Å². The molecule has 0 aliphatic carbocycles. The number of hydrogen-bond acceptors (Lipinski definition) is 3. The first-order chi connectivity index (χ1) is 11.0. The van der Waals surface area contributed by atoms with Crippen molar-refractivity contribution >= 4 is 52.6 Å². The van der Waals surface area contributed by atoms with Crippen molar-refractivity contribution in [2.75, 3.05) is 12.3 Å². The van der Waals surface area contributed by atoms with E-state index in [2.05, 4.69) is 5.32 Å². The summed E-state index contributed by atoms with van der Waals surface area (Å²) in [4.78, 5) is 14.3. The first-order valence-electron chi connectivity index (χ1n) is 7.13. The van der Waals surface area contributed by atoms with Crippen molar-refractivity contribution < 1.29 is 4.79 Å². The maximum absolute atomic E-state index is 12.1. The minimum Gasteiger partial charge on any atom is -0.354 e. The summed E-state index contributed by atoms with van der Waals surface area (Å²) >= 11 is 14.9. The van der Waals surface area contributed by atoms with E-state index in [0.717, 1.165) is 20.6 Å². The van der Waals surface area contributed by atoms with Crippen LogP contribution in [-0.4, -0.2) is 23.5 Å². The van der Waals surface area contributed by atoms with Gasteiger partial charge in [0.1, 0.15) is 0 Å². The van der Waals surface area contributed by atoms with Crippen LogP contribution in [0.4, 0.5) is 0 Å². The predicted molar refractivity (Wildman–Crippen MR) is 102 cm³/mol. The highest BCUT2D eigenvalue weighted by molar-refractivity contribution is 8.00. The van der Waals surface area contributed by atoms with Gasteiger partial charge in [0.25, 0.3) is 0 Å². The summed E-state index contributed by atoms with van der Waals surface area (Å²) < 4.78 is 0. The van der Waals surface area contributed by atoms with Crippen molar-refractivity contribution in [3.63, 3.8) is 0 Å². The first-order valence-corrected chi connectivity index (χ1v) is 9.75. The average molecular weight is 386 g/mol. The maximum Gasteiger partial charge on any atom is 0.233 e. The van der Waals surface area contributed by atoms with Crippen molar-refractivity contribution in [2.24, 2.45) is 0 Å². The molecule has 2 rings (SSSR count). The second kappa shape index (κ2) is 9.48. The summed E-state index contributed by atoms with van der Waals surface area (Å²) in [5, 5.41) is 4.25. The van der Waals surface area contributed by atoms with Crippen molar-refractivity contribution in [1.29, 1.82) is 0 Å². The van der Waals surface area contributed by atoms with Crippen molar-refractivity contribution in [3.05, 3.63) is 58.6 Å². The highest BCUT2D eigenvalue weighted by Crippen LogP contribution is 2.25. The number of amides is 1. The van der Waals surface area contributed by atoms with Crippen LogP contribution in [0, 0.1) is 0 Å². The molecular weight excluding hydrogens is 369 g/mol. The molecule has 122 valence electrons. The van der Waals surface area contributed by atoms with Crippen molar-refractivity contribution in [1.82, 2.24) is 5.32 Å². The summed E-state index contributed by atoms with van der Waals surface area (Å²) in [5.41, 5.74) is 0. The number of nitrogens with one attached hydrogen (secondary N) is 1. The largest absolute Gasteiger partial charge is 0.354 e. The van der Waals surface area contributed by atoms with E-state index in [1.54, 1.807) is 11.8 Å². The van der Waals surface area contributed by atoms with Gasteiger partial charge in [0.05, 0.1) is 5.25 Å². The van der Waals surface area contributed by atoms with Crippen LogP contribution < -0.4 is 5.32 Å². The van der Waals surface area contributed by atoms with Gasteiger partial charge in [-0.25, -0.2) is 0 Å². The number of rotatable bonds is 7. The normalized spacial score (nSPS) is 12.0. The van der Waals surface area contributed by atoms with Gasteiger partial charge in [0, 0.05) is 32.1 Å². The molecule has 0 spiro atoms. The van der Waals surface area contributed by atoms with E-state index in [0.29, 0.717) is 11.6 Å². The lowest BCUT2D eigenvalue weighted by Crippen LogP contribution is -2.32. The lowest BCUT2D eigenvalue weighted by Gasteiger charge is -2.12. The van der Waals surface area contributed by atoms with Gasteiger partial charge in [-0.2, -0.15) is 0 Å². The zero-order valence-corrected chi connectivity index (χ0v) is 15.7. The SMILES string of the molecule is C[C@@H](Sc1ccc(Cl)cc1)C(=O)NCCSc1ccc(Cl)cc1. The second-order valence-corrected chi connectivity index (χ2v) is 8.26. The van der Waals surface area contributed by atoms with Crippen LogP contribution in [0.2, 0.25) is 10.0 Å². The van der Waals surface area contributed by atoms with Crippen LogP contribution in [-0.2, 0) is 4.79 Å². The Bertz CT molecular complexity index is 632. The molecule has 0 saturated heterocycles. The molecular formula is C17H17Cl2NOS2. The van der Waals surface area contributed by atoms with Crippen LogP contribution in [0.1, 0.15) is 6.92 Å². The Balaban J connectivity index is 1.69. The van der Waals surface area contributed by atoms with Crippen LogP contribution in [0.15, 0.2) is 58.3 Å². The van der Waals surface area contributed by atoms with Gasteiger partial charge in [-0.1, -0.05) is 23.2 Å². The number of hydrogen-bond donors (Lipinski definition) is 1. The molecule has 0 aromatic heterocycles. The third-order valence-electron chi connectivity index (χ3n) is 2.98. The third-order valence-corrected chi connectivity index (χ3v) is 5.61. The quantitative estimate of drug-likeness (QED) is 0.512. The highest BCUT2D eigenvalue weighted by Gasteiger charge is 2.13. The van der Waals surface area contributed by atoms with Gasteiger partial charge in [0.15, 0.2) is 0 Å². The van der Waals surface area contributed by atoms with Gasteiger partial charge in [-0.15, -0.1) is 23.5 Å². The van der Waals surface area contributed by atoms with E-state index in [1.807, 2.05) is 55.5 Å². The molecule has 2 aromatic carbocycles. The Kier molecular flexibility index (Phi) is 7.63. The van der Waals surface area contributed by atoms with Crippen LogP contribution in [0.3, 0.4) is 0 Å². The van der Waals surface area contributed by atoms with Gasteiger partial charge >= 0.3 is 0 Å². The lowest BCUT2D eigenvalue weighted by atomic mass is 10.4. The van der Waals surface area contributed by atoms with E-state index in [9.17, 15) is 4.79 Å². The number of thioether (sulfide) groups is 2. The predicted octanol–water partition coefficient (Wildman–Crippen LogP) is 5.38. The molecule has 2 nitrogen and oxygen atoms in total. The summed E-state index contributed by atoms with van der Waals surface area (Å²) in [6.45, 7) is 2.54. The number of carbonyl (C=O) groups excluding carboxylic acids is 1. The summed E-state index contributed by atoms with van der Waals surface area (Å²) in [5.74, 6) is 0.868. The fourth-order valence-corrected chi connectivity index (χ4v) is 3.70. The lowest BCUT2D eigenvalue weighted by molar-refractivity contribution is -0.120. The van der Waals surface area contributed by atoms with Crippen LogP contribution in [0.25, 0.3) is 0 Å².